The molecule has 1 N–H and O–H groups in total. The van der Waals surface area contributed by atoms with Gasteiger partial charge in [-0.2, -0.15) is 0 Å². The van der Waals surface area contributed by atoms with Crippen molar-refractivity contribution >= 4 is 44.3 Å². The van der Waals surface area contributed by atoms with Crippen molar-refractivity contribution < 1.29 is 14.6 Å². The number of fused-ring (bicyclic) bond motifs is 1. The van der Waals surface area contributed by atoms with Crippen molar-refractivity contribution in [2.24, 2.45) is 0 Å². The minimum Gasteiger partial charge on any atom is -0.341 e. The van der Waals surface area contributed by atoms with Crippen molar-refractivity contribution in [2.45, 2.75) is 30.2 Å². The normalized spacial score (nSPS) is 14.8. The van der Waals surface area contributed by atoms with Gasteiger partial charge in [0.15, 0.2) is 0 Å². The monoisotopic (exact) mass is 511 g/mol. The topological polar surface area (TPSA) is 97.2 Å². The Morgan fingerprint density at radius 3 is 2.57 bits per heavy atom. The van der Waals surface area contributed by atoms with E-state index in [4.69, 9.17) is 11.6 Å². The van der Waals surface area contributed by atoms with E-state index in [-0.39, 0.29) is 30.5 Å². The fourth-order valence-corrected chi connectivity index (χ4v) is 5.64. The maximum absolute atomic E-state index is 12.9. The summed E-state index contributed by atoms with van der Waals surface area (Å²) >= 11 is 6.13. The number of rotatable bonds is 6. The van der Waals surface area contributed by atoms with E-state index in [0.717, 1.165) is 29.3 Å². The molecule has 0 atom stereocenters. The molecule has 182 valence electrons. The van der Waals surface area contributed by atoms with Gasteiger partial charge in [0.25, 0.3) is 10.0 Å². The number of carbonyl (C=O) groups is 1. The molecule has 0 unspecified atom stereocenters. The lowest BCUT2D eigenvalue weighted by molar-refractivity contribution is -0.132. The second-order valence-corrected chi connectivity index (χ2v) is 10.7. The van der Waals surface area contributed by atoms with Crippen LogP contribution < -0.4 is 4.72 Å². The summed E-state index contributed by atoms with van der Waals surface area (Å²) in [7, 11) is -3.73. The number of halogens is 1. The molecule has 3 heterocycles. The van der Waals surface area contributed by atoms with Gasteiger partial charge >= 0.3 is 0 Å². The summed E-state index contributed by atoms with van der Waals surface area (Å²) in [6, 6.07) is 16.1. The zero-order chi connectivity index (χ0) is 24.4. The SMILES string of the molecule is O=C(Cn1ccc2ccc(Cl)cc21)N1CCC(c2ccc(S(=O)(=O)Nc3ccncn3)cc2)CC1.[HH]. The van der Waals surface area contributed by atoms with Gasteiger partial charge in [-0.05, 0) is 66.1 Å². The predicted octanol–water partition coefficient (Wildman–Crippen LogP) is 4.54. The van der Waals surface area contributed by atoms with Crippen molar-refractivity contribution in [1.29, 1.82) is 0 Å². The van der Waals surface area contributed by atoms with Gasteiger partial charge in [-0.1, -0.05) is 29.8 Å². The first-order valence-electron chi connectivity index (χ1n) is 11.3. The van der Waals surface area contributed by atoms with Crippen molar-refractivity contribution in [3.05, 3.63) is 83.9 Å². The van der Waals surface area contributed by atoms with Crippen molar-refractivity contribution in [1.82, 2.24) is 19.4 Å². The lowest BCUT2D eigenvalue weighted by Crippen LogP contribution is -2.39. The number of nitrogens with zero attached hydrogens (tertiary/aromatic N) is 4. The third-order valence-electron chi connectivity index (χ3n) is 6.37. The van der Waals surface area contributed by atoms with E-state index in [0.29, 0.717) is 18.1 Å². The third-order valence-corrected chi connectivity index (χ3v) is 7.98. The molecular formula is C25H26ClN5O3S. The first-order valence-corrected chi connectivity index (χ1v) is 13.2. The molecule has 2 aromatic heterocycles. The molecule has 0 bridgehead atoms. The first-order chi connectivity index (χ1) is 16.9. The fraction of sp³-hybridized carbons (Fsp3) is 0.240. The van der Waals surface area contributed by atoms with Crippen LogP contribution in [0.3, 0.4) is 0 Å². The number of carbonyl (C=O) groups excluding carboxylic acids is 1. The summed E-state index contributed by atoms with van der Waals surface area (Å²) in [4.78, 5) is 22.7. The van der Waals surface area contributed by atoms with E-state index in [2.05, 4.69) is 14.7 Å². The summed E-state index contributed by atoms with van der Waals surface area (Å²) in [5.74, 6) is 0.576. The zero-order valence-electron chi connectivity index (χ0n) is 18.8. The number of nitrogens with one attached hydrogen (secondary N) is 1. The highest BCUT2D eigenvalue weighted by atomic mass is 35.5. The van der Waals surface area contributed by atoms with Gasteiger partial charge in [0.05, 0.1) is 4.90 Å². The van der Waals surface area contributed by atoms with Crippen LogP contribution in [0.5, 0.6) is 0 Å². The molecule has 4 aromatic rings. The fourth-order valence-electron chi connectivity index (χ4n) is 4.47. The van der Waals surface area contributed by atoms with Crippen molar-refractivity contribution in [2.75, 3.05) is 17.8 Å². The molecule has 0 spiro atoms. The van der Waals surface area contributed by atoms with Crippen LogP contribution >= 0.6 is 11.6 Å². The second-order valence-electron chi connectivity index (χ2n) is 8.57. The average molecular weight is 512 g/mol. The molecule has 0 radical (unpaired) electrons. The molecule has 0 aliphatic carbocycles. The van der Waals surface area contributed by atoms with Gasteiger partial charge in [0.1, 0.15) is 18.7 Å². The second kappa shape index (κ2) is 9.67. The Labute approximate surface area is 210 Å². The minimum absolute atomic E-state index is 0. The van der Waals surface area contributed by atoms with Gasteiger partial charge in [-0.3, -0.25) is 9.52 Å². The molecule has 2 aromatic carbocycles. The lowest BCUT2D eigenvalue weighted by atomic mass is 9.89. The van der Waals surface area contributed by atoms with E-state index >= 15 is 0 Å². The Hall–Kier alpha value is -3.43. The summed E-state index contributed by atoms with van der Waals surface area (Å²) in [6.45, 7) is 1.61. The maximum atomic E-state index is 12.9. The van der Waals surface area contributed by atoms with E-state index in [9.17, 15) is 13.2 Å². The Bertz CT molecular complexity index is 1450. The van der Waals surface area contributed by atoms with E-state index in [1.165, 1.54) is 18.6 Å². The van der Waals surface area contributed by atoms with Gasteiger partial charge in [0, 0.05) is 37.4 Å². The molecule has 8 nitrogen and oxygen atoms in total. The van der Waals surface area contributed by atoms with Crippen LogP contribution in [0.4, 0.5) is 5.82 Å². The van der Waals surface area contributed by atoms with Crippen LogP contribution in [0, 0.1) is 0 Å². The van der Waals surface area contributed by atoms with Crippen LogP contribution in [0.2, 0.25) is 5.02 Å². The van der Waals surface area contributed by atoms with Gasteiger partial charge < -0.3 is 9.47 Å². The zero-order valence-corrected chi connectivity index (χ0v) is 20.4. The number of likely N-dealkylation sites (tertiary alicyclic amines) is 1. The van der Waals surface area contributed by atoms with Gasteiger partial charge in [-0.25, -0.2) is 18.4 Å². The molecule has 10 heteroatoms. The van der Waals surface area contributed by atoms with Crippen molar-refractivity contribution in [3.8, 4) is 0 Å². The molecule has 5 rings (SSSR count). The highest BCUT2D eigenvalue weighted by Crippen LogP contribution is 2.29. The number of anilines is 1. The number of aromatic nitrogens is 3. The molecule has 35 heavy (non-hydrogen) atoms. The first kappa shape index (κ1) is 23.3. The number of amides is 1. The van der Waals surface area contributed by atoms with Crippen LogP contribution in [-0.2, 0) is 21.4 Å². The number of sulfonamides is 1. The van der Waals surface area contributed by atoms with Crippen LogP contribution in [-0.4, -0.2) is 46.8 Å². The van der Waals surface area contributed by atoms with Crippen LogP contribution in [0.25, 0.3) is 10.9 Å². The third kappa shape index (κ3) is 5.16. The van der Waals surface area contributed by atoms with Gasteiger partial charge in [-0.15, -0.1) is 0 Å². The summed E-state index contributed by atoms with van der Waals surface area (Å²) < 4.78 is 29.6. The number of benzene rings is 2. The summed E-state index contributed by atoms with van der Waals surface area (Å²) in [5.41, 5.74) is 2.02. The quantitative estimate of drug-likeness (QED) is 0.410. The number of piperidine rings is 1. The smallest absolute Gasteiger partial charge is 0.263 e. The molecule has 1 amide bonds. The van der Waals surface area contributed by atoms with Gasteiger partial charge in [0.2, 0.25) is 5.91 Å². The molecular weight excluding hydrogens is 486 g/mol. The highest BCUT2D eigenvalue weighted by Gasteiger charge is 2.25. The Balaban J connectivity index is 0.00000304. The highest BCUT2D eigenvalue weighted by molar-refractivity contribution is 7.92. The minimum atomic E-state index is -3.73. The average Bonchev–Trinajstić information content (AvgIpc) is 3.26. The molecule has 1 fully saturated rings. The van der Waals surface area contributed by atoms with E-state index in [1.54, 1.807) is 12.1 Å². The predicted molar refractivity (Wildman–Crippen MR) is 137 cm³/mol. The molecule has 1 saturated heterocycles. The van der Waals surface area contributed by atoms with Crippen LogP contribution in [0.1, 0.15) is 25.7 Å². The summed E-state index contributed by atoms with van der Waals surface area (Å²) in [5, 5.41) is 1.70. The molecule has 1 aliphatic heterocycles. The van der Waals surface area contributed by atoms with E-state index < -0.39 is 10.0 Å². The van der Waals surface area contributed by atoms with Crippen LogP contribution in [0.15, 0.2) is 78.2 Å². The lowest BCUT2D eigenvalue weighted by Gasteiger charge is -2.32. The number of hydrogen-bond donors (Lipinski definition) is 1. The standard InChI is InChI=1S/C25H24ClN5O3S.H2/c26-21-4-1-20-10-14-31(23(20)15-21)16-25(32)30-12-8-19(9-13-30)18-2-5-22(6-3-18)35(33,34)29-24-7-11-27-17-28-24;/h1-7,10-11,14-15,17,19H,8-9,12-13,16H2,(H,27,28,29);1H. The summed E-state index contributed by atoms with van der Waals surface area (Å²) in [6.07, 6.45) is 6.33. The Kier molecular flexibility index (Phi) is 6.44. The van der Waals surface area contributed by atoms with E-state index in [1.807, 2.05) is 52.1 Å². The Morgan fingerprint density at radius 2 is 1.86 bits per heavy atom. The Morgan fingerprint density at radius 1 is 1.09 bits per heavy atom. The molecule has 0 saturated carbocycles. The molecule has 1 aliphatic rings. The largest absolute Gasteiger partial charge is 0.341 e. The number of hydrogen-bond acceptors (Lipinski definition) is 5. The maximum Gasteiger partial charge on any atom is 0.263 e. The van der Waals surface area contributed by atoms with Crippen molar-refractivity contribution in [3.63, 3.8) is 0 Å².